The molecule has 0 bridgehead atoms. The van der Waals surface area contributed by atoms with Gasteiger partial charge in [-0.15, -0.1) is 0 Å². The zero-order valence-electron chi connectivity index (χ0n) is 11.1. The molecule has 5 nitrogen and oxygen atoms in total. The van der Waals surface area contributed by atoms with E-state index in [1.54, 1.807) is 0 Å². The Morgan fingerprint density at radius 1 is 1.30 bits per heavy atom. The summed E-state index contributed by atoms with van der Waals surface area (Å²) in [4.78, 5) is 23.6. The van der Waals surface area contributed by atoms with Gasteiger partial charge in [0.2, 0.25) is 0 Å². The first-order valence-corrected chi connectivity index (χ1v) is 7.54. The minimum Gasteiger partial charge on any atom is -0.439 e. The Morgan fingerprint density at radius 2 is 2.00 bits per heavy atom. The molecule has 0 N–H and O–H groups in total. The van der Waals surface area contributed by atoms with Gasteiger partial charge in [-0.3, -0.25) is 4.79 Å². The number of aromatic nitrogens is 2. The van der Waals surface area contributed by atoms with Crippen LogP contribution in [-0.4, -0.2) is 15.7 Å². The van der Waals surface area contributed by atoms with Crippen molar-refractivity contribution in [3.8, 4) is 0 Å². The Morgan fingerprint density at radius 3 is 2.65 bits per heavy atom. The monoisotopic (exact) mass is 454 g/mol. The fourth-order valence-corrected chi connectivity index (χ4v) is 2.13. The van der Waals surface area contributed by atoms with E-state index in [1.165, 1.54) is 12.3 Å². The first-order chi connectivity index (χ1) is 10.7. The molecule has 0 aliphatic heterocycles. The van der Waals surface area contributed by atoms with E-state index < -0.39 is 30.0 Å². The summed E-state index contributed by atoms with van der Waals surface area (Å²) in [5, 5.41) is 3.73. The van der Waals surface area contributed by atoms with E-state index in [0.717, 1.165) is 16.8 Å². The largest absolute Gasteiger partial charge is 0.439 e. The van der Waals surface area contributed by atoms with Crippen molar-refractivity contribution in [3.05, 3.63) is 60.9 Å². The Labute approximate surface area is 144 Å². The molecule has 2 aromatic rings. The van der Waals surface area contributed by atoms with Gasteiger partial charge in [0.25, 0.3) is 5.56 Å². The van der Waals surface area contributed by atoms with Crippen molar-refractivity contribution in [2.24, 2.45) is 0 Å². The zero-order valence-corrected chi connectivity index (χ0v) is 14.3. The van der Waals surface area contributed by atoms with E-state index in [2.05, 4.69) is 37.0 Å². The third-order valence-corrected chi connectivity index (χ3v) is 4.59. The molecule has 0 aliphatic rings. The van der Waals surface area contributed by atoms with Crippen molar-refractivity contribution < 1.29 is 22.7 Å². The van der Waals surface area contributed by atoms with Gasteiger partial charge in [-0.25, -0.2) is 4.79 Å². The molecule has 0 atom stereocenters. The molecule has 0 spiro atoms. The maximum atomic E-state index is 12.6. The van der Waals surface area contributed by atoms with Crippen molar-refractivity contribution in [2.75, 3.05) is 0 Å². The second-order valence-corrected chi connectivity index (χ2v) is 5.90. The van der Waals surface area contributed by atoms with Crippen LogP contribution in [0.4, 0.5) is 13.2 Å². The summed E-state index contributed by atoms with van der Waals surface area (Å²) in [6.07, 6.45) is -3.26. The van der Waals surface area contributed by atoms with E-state index in [9.17, 15) is 22.8 Å². The van der Waals surface area contributed by atoms with Gasteiger partial charge < -0.3 is 4.74 Å². The predicted octanol–water partition coefficient (Wildman–Crippen LogP) is 3.60. The number of carbonyl (C=O) groups is 1. The van der Waals surface area contributed by atoms with Crippen LogP contribution in [0.1, 0.15) is 15.9 Å². The van der Waals surface area contributed by atoms with E-state index in [1.807, 2.05) is 0 Å². The third-order valence-electron chi connectivity index (χ3n) is 2.69. The maximum absolute atomic E-state index is 12.6. The zero-order chi connectivity index (χ0) is 17.2. The number of rotatable bonds is 3. The smallest absolute Gasteiger partial charge is 0.416 e. The summed E-state index contributed by atoms with van der Waals surface area (Å²) in [5.74, 6) is -0.996. The number of carbonyl (C=O) groups excluding carboxylic acids is 1. The molecule has 0 amide bonds. The van der Waals surface area contributed by atoms with Crippen LogP contribution in [0.25, 0.3) is 0 Å². The summed E-state index contributed by atoms with van der Waals surface area (Å²) in [5.41, 5.74) is -1.80. The van der Waals surface area contributed by atoms with Crippen LogP contribution in [-0.2, 0) is 17.6 Å². The lowest BCUT2D eigenvalue weighted by Crippen LogP contribution is -2.26. The Kier molecular flexibility index (Phi) is 5.25. The number of esters is 1. The SMILES string of the molecule is O=C(OCn1ncc(Br)c(Br)c1=O)c1cccc(C(F)(F)F)c1. The molecule has 1 heterocycles. The standard InChI is InChI=1S/C13H7Br2F3N2O3/c14-9-5-19-20(11(21)10(9)15)6-23-12(22)7-2-1-3-8(4-7)13(16,17)18/h1-5H,6H2. The summed E-state index contributed by atoms with van der Waals surface area (Å²) < 4.78 is 44.1. The highest BCUT2D eigenvalue weighted by Crippen LogP contribution is 2.29. The molecular formula is C13H7Br2F3N2O3. The van der Waals surface area contributed by atoms with Crippen molar-refractivity contribution in [1.82, 2.24) is 9.78 Å². The average molecular weight is 456 g/mol. The van der Waals surface area contributed by atoms with Gasteiger partial charge in [0, 0.05) is 0 Å². The van der Waals surface area contributed by atoms with Crippen molar-refractivity contribution in [2.45, 2.75) is 12.9 Å². The molecule has 1 aromatic carbocycles. The number of nitrogens with zero attached hydrogens (tertiary/aromatic N) is 2. The summed E-state index contributed by atoms with van der Waals surface area (Å²) >= 11 is 6.11. The molecule has 0 saturated heterocycles. The molecule has 10 heteroatoms. The van der Waals surface area contributed by atoms with Gasteiger partial charge in [0.1, 0.15) is 4.47 Å². The van der Waals surface area contributed by atoms with E-state index in [4.69, 9.17) is 4.74 Å². The first-order valence-electron chi connectivity index (χ1n) is 5.95. The lowest BCUT2D eigenvalue weighted by atomic mass is 10.1. The normalized spacial score (nSPS) is 11.3. The van der Waals surface area contributed by atoms with Gasteiger partial charge in [0.05, 0.1) is 21.8 Å². The fourth-order valence-electron chi connectivity index (χ4n) is 1.56. The van der Waals surface area contributed by atoms with Crippen molar-refractivity contribution in [3.63, 3.8) is 0 Å². The van der Waals surface area contributed by atoms with Crippen LogP contribution in [0.2, 0.25) is 0 Å². The lowest BCUT2D eigenvalue weighted by molar-refractivity contribution is -0.137. The molecule has 0 radical (unpaired) electrons. The second kappa shape index (κ2) is 6.83. The molecule has 1 aromatic heterocycles. The summed E-state index contributed by atoms with van der Waals surface area (Å²) in [6, 6.07) is 3.80. The van der Waals surface area contributed by atoms with Crippen LogP contribution >= 0.6 is 31.9 Å². The van der Waals surface area contributed by atoms with Crippen molar-refractivity contribution in [1.29, 1.82) is 0 Å². The quantitative estimate of drug-likeness (QED) is 0.663. The molecular weight excluding hydrogens is 449 g/mol. The van der Waals surface area contributed by atoms with Crippen LogP contribution in [0.3, 0.4) is 0 Å². The van der Waals surface area contributed by atoms with Gasteiger partial charge in [-0.2, -0.15) is 23.0 Å². The highest BCUT2D eigenvalue weighted by Gasteiger charge is 2.31. The third kappa shape index (κ3) is 4.20. The van der Waals surface area contributed by atoms with E-state index >= 15 is 0 Å². The minimum atomic E-state index is -4.56. The highest BCUT2D eigenvalue weighted by atomic mass is 79.9. The molecule has 2 rings (SSSR count). The van der Waals surface area contributed by atoms with E-state index in [0.29, 0.717) is 10.5 Å². The van der Waals surface area contributed by atoms with Crippen LogP contribution < -0.4 is 5.56 Å². The Hall–Kier alpha value is -1.68. The van der Waals surface area contributed by atoms with E-state index in [-0.39, 0.29) is 10.0 Å². The van der Waals surface area contributed by atoms with Gasteiger partial charge >= 0.3 is 12.1 Å². The fraction of sp³-hybridized carbons (Fsp3) is 0.154. The molecule has 0 aliphatic carbocycles. The van der Waals surface area contributed by atoms with Gasteiger partial charge in [0.15, 0.2) is 6.73 Å². The molecule has 0 fully saturated rings. The lowest BCUT2D eigenvalue weighted by Gasteiger charge is -2.09. The Balaban J connectivity index is 2.15. The maximum Gasteiger partial charge on any atom is 0.416 e. The Bertz CT molecular complexity index is 806. The topological polar surface area (TPSA) is 61.2 Å². The molecule has 0 saturated carbocycles. The number of alkyl halides is 3. The summed E-state index contributed by atoms with van der Waals surface area (Å²) in [7, 11) is 0. The summed E-state index contributed by atoms with van der Waals surface area (Å²) in [6.45, 7) is -0.528. The van der Waals surface area contributed by atoms with Crippen LogP contribution in [0, 0.1) is 0 Å². The van der Waals surface area contributed by atoms with Crippen LogP contribution in [0.15, 0.2) is 44.2 Å². The first kappa shape index (κ1) is 17.7. The molecule has 23 heavy (non-hydrogen) atoms. The number of benzene rings is 1. The number of hydrogen-bond donors (Lipinski definition) is 0. The molecule has 122 valence electrons. The van der Waals surface area contributed by atoms with Gasteiger partial charge in [-0.1, -0.05) is 6.07 Å². The molecule has 0 unspecified atom stereocenters. The highest BCUT2D eigenvalue weighted by molar-refractivity contribution is 9.13. The second-order valence-electron chi connectivity index (χ2n) is 4.25. The minimum absolute atomic E-state index is 0.183. The number of hydrogen-bond acceptors (Lipinski definition) is 4. The number of ether oxygens (including phenoxy) is 1. The van der Waals surface area contributed by atoms with Crippen molar-refractivity contribution >= 4 is 37.8 Å². The number of halogens is 5. The predicted molar refractivity (Wildman–Crippen MR) is 80.8 cm³/mol. The van der Waals surface area contributed by atoms with Crippen LogP contribution in [0.5, 0.6) is 0 Å². The van der Waals surface area contributed by atoms with Gasteiger partial charge in [-0.05, 0) is 50.1 Å². The average Bonchev–Trinajstić information content (AvgIpc) is 2.51.